The Bertz CT molecular complexity index is 461. The van der Waals surface area contributed by atoms with Gasteiger partial charge in [-0.3, -0.25) is 4.79 Å². The van der Waals surface area contributed by atoms with Gasteiger partial charge in [-0.1, -0.05) is 24.1 Å². The summed E-state index contributed by atoms with van der Waals surface area (Å²) in [7, 11) is 0. The van der Waals surface area contributed by atoms with Crippen LogP contribution in [-0.4, -0.2) is 12.5 Å². The van der Waals surface area contributed by atoms with Crippen LogP contribution in [-0.2, 0) is 4.79 Å². The zero-order chi connectivity index (χ0) is 14.0. The number of hydrogen-bond acceptors (Lipinski definition) is 2. The van der Waals surface area contributed by atoms with Crippen LogP contribution in [0.2, 0.25) is 0 Å². The standard InChI is InChI=1S/C16H24N2O/c1-11-7-12(2)15(13(3)8-11)18-14(19)9-16(10-17)5-4-6-16/h7-8H,4-6,9-10,17H2,1-3H3,(H,18,19). The van der Waals surface area contributed by atoms with E-state index in [1.54, 1.807) is 0 Å². The van der Waals surface area contributed by atoms with Gasteiger partial charge in [-0.05, 0) is 56.7 Å². The van der Waals surface area contributed by atoms with Gasteiger partial charge in [0, 0.05) is 12.1 Å². The number of carbonyl (C=O) groups excluding carboxylic acids is 1. The van der Waals surface area contributed by atoms with Crippen LogP contribution in [0.3, 0.4) is 0 Å². The highest BCUT2D eigenvalue weighted by atomic mass is 16.1. The molecule has 3 heteroatoms. The quantitative estimate of drug-likeness (QED) is 0.874. The SMILES string of the molecule is Cc1cc(C)c(NC(=O)CC2(CN)CCC2)c(C)c1. The lowest BCUT2D eigenvalue weighted by Crippen LogP contribution is -2.40. The van der Waals surface area contributed by atoms with Crippen molar-refractivity contribution >= 4 is 11.6 Å². The fourth-order valence-electron chi connectivity index (χ4n) is 3.03. The summed E-state index contributed by atoms with van der Waals surface area (Å²) in [5, 5.41) is 3.07. The van der Waals surface area contributed by atoms with Crippen LogP contribution in [0.15, 0.2) is 12.1 Å². The molecule has 19 heavy (non-hydrogen) atoms. The van der Waals surface area contributed by atoms with Crippen LogP contribution in [0.4, 0.5) is 5.69 Å². The predicted octanol–water partition coefficient (Wildman–Crippen LogP) is 3.07. The average molecular weight is 260 g/mol. The zero-order valence-corrected chi connectivity index (χ0v) is 12.2. The number of aryl methyl sites for hydroxylation is 3. The van der Waals surface area contributed by atoms with Gasteiger partial charge in [0.15, 0.2) is 0 Å². The molecule has 104 valence electrons. The first-order chi connectivity index (χ1) is 8.96. The molecule has 1 aromatic rings. The Morgan fingerprint density at radius 1 is 1.26 bits per heavy atom. The predicted molar refractivity (Wildman–Crippen MR) is 79.2 cm³/mol. The van der Waals surface area contributed by atoms with Crippen molar-refractivity contribution in [1.82, 2.24) is 0 Å². The number of anilines is 1. The van der Waals surface area contributed by atoms with E-state index in [2.05, 4.69) is 24.4 Å². The molecule has 0 atom stereocenters. The molecule has 1 amide bonds. The molecule has 0 radical (unpaired) electrons. The first kappa shape index (κ1) is 14.1. The van der Waals surface area contributed by atoms with Crippen molar-refractivity contribution in [2.75, 3.05) is 11.9 Å². The molecule has 0 aromatic heterocycles. The summed E-state index contributed by atoms with van der Waals surface area (Å²) < 4.78 is 0. The van der Waals surface area contributed by atoms with Crippen molar-refractivity contribution in [2.24, 2.45) is 11.1 Å². The fraction of sp³-hybridized carbons (Fsp3) is 0.562. The molecule has 0 aliphatic heterocycles. The minimum Gasteiger partial charge on any atom is -0.330 e. The van der Waals surface area contributed by atoms with Gasteiger partial charge >= 0.3 is 0 Å². The molecule has 0 unspecified atom stereocenters. The van der Waals surface area contributed by atoms with Gasteiger partial charge < -0.3 is 11.1 Å². The number of hydrogen-bond donors (Lipinski definition) is 2. The van der Waals surface area contributed by atoms with E-state index in [1.807, 2.05) is 13.8 Å². The highest BCUT2D eigenvalue weighted by Crippen LogP contribution is 2.43. The second-order valence-electron chi connectivity index (χ2n) is 6.06. The van der Waals surface area contributed by atoms with Crippen molar-refractivity contribution in [3.8, 4) is 0 Å². The summed E-state index contributed by atoms with van der Waals surface area (Å²) in [5.41, 5.74) is 10.3. The van der Waals surface area contributed by atoms with E-state index in [0.29, 0.717) is 13.0 Å². The van der Waals surface area contributed by atoms with E-state index in [4.69, 9.17) is 5.73 Å². The molecule has 1 fully saturated rings. The fourth-order valence-corrected chi connectivity index (χ4v) is 3.03. The smallest absolute Gasteiger partial charge is 0.224 e. The molecule has 0 bridgehead atoms. The van der Waals surface area contributed by atoms with Gasteiger partial charge in [-0.15, -0.1) is 0 Å². The summed E-state index contributed by atoms with van der Waals surface area (Å²) >= 11 is 0. The minimum atomic E-state index is 0.0661. The first-order valence-electron chi connectivity index (χ1n) is 7.03. The third kappa shape index (κ3) is 2.98. The van der Waals surface area contributed by atoms with Gasteiger partial charge in [-0.2, -0.15) is 0 Å². The van der Waals surface area contributed by atoms with E-state index < -0.39 is 0 Å². The molecular formula is C16H24N2O. The molecule has 1 aliphatic carbocycles. The lowest BCUT2D eigenvalue weighted by molar-refractivity contribution is -0.119. The van der Waals surface area contributed by atoms with Crippen LogP contribution < -0.4 is 11.1 Å². The van der Waals surface area contributed by atoms with Gasteiger partial charge in [0.1, 0.15) is 0 Å². The molecule has 1 aromatic carbocycles. The Labute approximate surface area is 115 Å². The largest absolute Gasteiger partial charge is 0.330 e. The summed E-state index contributed by atoms with van der Waals surface area (Å²) in [5.74, 6) is 0.0974. The second kappa shape index (κ2) is 5.33. The number of benzene rings is 1. The summed E-state index contributed by atoms with van der Waals surface area (Å²) in [6.45, 7) is 6.77. The molecule has 2 rings (SSSR count). The Hall–Kier alpha value is -1.35. The summed E-state index contributed by atoms with van der Waals surface area (Å²) in [6, 6.07) is 4.20. The number of amides is 1. The monoisotopic (exact) mass is 260 g/mol. The lowest BCUT2D eigenvalue weighted by atomic mass is 9.66. The van der Waals surface area contributed by atoms with E-state index in [1.165, 1.54) is 12.0 Å². The second-order valence-corrected chi connectivity index (χ2v) is 6.06. The van der Waals surface area contributed by atoms with Crippen molar-refractivity contribution in [1.29, 1.82) is 0 Å². The van der Waals surface area contributed by atoms with Gasteiger partial charge in [0.05, 0.1) is 0 Å². The number of nitrogens with two attached hydrogens (primary N) is 1. The van der Waals surface area contributed by atoms with Crippen LogP contribution in [0.1, 0.15) is 42.4 Å². The Morgan fingerprint density at radius 3 is 2.26 bits per heavy atom. The molecule has 0 heterocycles. The van der Waals surface area contributed by atoms with Gasteiger partial charge in [0.25, 0.3) is 0 Å². The van der Waals surface area contributed by atoms with Crippen molar-refractivity contribution < 1.29 is 4.79 Å². The van der Waals surface area contributed by atoms with Gasteiger partial charge in [-0.25, -0.2) is 0 Å². The highest BCUT2D eigenvalue weighted by molar-refractivity contribution is 5.92. The van der Waals surface area contributed by atoms with Crippen LogP contribution in [0, 0.1) is 26.2 Å². The average Bonchev–Trinajstić information content (AvgIpc) is 2.28. The molecule has 3 nitrogen and oxygen atoms in total. The minimum absolute atomic E-state index is 0.0661. The first-order valence-corrected chi connectivity index (χ1v) is 7.03. The van der Waals surface area contributed by atoms with E-state index in [9.17, 15) is 4.79 Å². The van der Waals surface area contributed by atoms with Crippen molar-refractivity contribution in [2.45, 2.75) is 46.5 Å². The van der Waals surface area contributed by atoms with Crippen LogP contribution in [0.5, 0.6) is 0 Å². The molecule has 0 saturated heterocycles. The van der Waals surface area contributed by atoms with E-state index in [0.717, 1.165) is 29.7 Å². The third-order valence-electron chi connectivity index (χ3n) is 4.32. The third-order valence-corrected chi connectivity index (χ3v) is 4.32. The van der Waals surface area contributed by atoms with E-state index >= 15 is 0 Å². The number of carbonyl (C=O) groups is 1. The van der Waals surface area contributed by atoms with Crippen LogP contribution in [0.25, 0.3) is 0 Å². The van der Waals surface area contributed by atoms with Crippen molar-refractivity contribution in [3.63, 3.8) is 0 Å². The summed E-state index contributed by atoms with van der Waals surface area (Å²) in [4.78, 5) is 12.2. The molecular weight excluding hydrogens is 236 g/mol. The highest BCUT2D eigenvalue weighted by Gasteiger charge is 2.37. The summed E-state index contributed by atoms with van der Waals surface area (Å²) in [6.07, 6.45) is 3.93. The Balaban J connectivity index is 2.07. The number of nitrogens with one attached hydrogen (secondary N) is 1. The van der Waals surface area contributed by atoms with Crippen LogP contribution >= 0.6 is 0 Å². The van der Waals surface area contributed by atoms with Gasteiger partial charge in [0.2, 0.25) is 5.91 Å². The zero-order valence-electron chi connectivity index (χ0n) is 12.2. The molecule has 1 aliphatic rings. The molecule has 0 spiro atoms. The lowest BCUT2D eigenvalue weighted by Gasteiger charge is -2.40. The molecule has 1 saturated carbocycles. The maximum Gasteiger partial charge on any atom is 0.224 e. The van der Waals surface area contributed by atoms with E-state index in [-0.39, 0.29) is 11.3 Å². The Kier molecular flexibility index (Phi) is 3.95. The Morgan fingerprint density at radius 2 is 1.84 bits per heavy atom. The molecule has 3 N–H and O–H groups in total. The van der Waals surface area contributed by atoms with Crippen molar-refractivity contribution in [3.05, 3.63) is 28.8 Å². The number of rotatable bonds is 4. The normalized spacial score (nSPS) is 16.8. The maximum absolute atomic E-state index is 12.2. The topological polar surface area (TPSA) is 55.1 Å². The maximum atomic E-state index is 12.2.